The van der Waals surface area contributed by atoms with E-state index < -0.39 is 0 Å². The Labute approximate surface area is 143 Å². The summed E-state index contributed by atoms with van der Waals surface area (Å²) >= 11 is 0. The summed E-state index contributed by atoms with van der Waals surface area (Å²) in [7, 11) is 8.04. The molecule has 24 heavy (non-hydrogen) atoms. The summed E-state index contributed by atoms with van der Waals surface area (Å²) in [6.07, 6.45) is 3.12. The van der Waals surface area contributed by atoms with E-state index in [0.29, 0.717) is 6.54 Å². The number of nitrogens with one attached hydrogen (secondary N) is 1. The SMILES string of the molecule is CN(C)CCCNC1=C(c2cn(C)c3ccccc23)C(=O)N(C)C1. The van der Waals surface area contributed by atoms with Crippen molar-refractivity contribution in [2.45, 2.75) is 6.42 Å². The molecule has 1 aromatic carbocycles. The molecule has 1 amide bonds. The molecule has 0 saturated heterocycles. The van der Waals surface area contributed by atoms with Gasteiger partial charge in [-0.15, -0.1) is 0 Å². The van der Waals surface area contributed by atoms with Crippen LogP contribution in [0, 0.1) is 0 Å². The number of aromatic nitrogens is 1. The lowest BCUT2D eigenvalue weighted by molar-refractivity contribution is -0.122. The first-order valence-corrected chi connectivity index (χ1v) is 8.40. The lowest BCUT2D eigenvalue weighted by atomic mass is 10.0. The topological polar surface area (TPSA) is 40.5 Å². The van der Waals surface area contributed by atoms with Crippen LogP contribution in [0.3, 0.4) is 0 Å². The molecule has 0 bridgehead atoms. The van der Waals surface area contributed by atoms with Crippen molar-refractivity contribution in [2.24, 2.45) is 7.05 Å². The van der Waals surface area contributed by atoms with E-state index in [2.05, 4.69) is 47.2 Å². The highest BCUT2D eigenvalue weighted by atomic mass is 16.2. The molecule has 2 aromatic rings. The summed E-state index contributed by atoms with van der Waals surface area (Å²) in [5.74, 6) is 0.0986. The number of hydrogen-bond donors (Lipinski definition) is 1. The largest absolute Gasteiger partial charge is 0.386 e. The molecule has 1 aliphatic rings. The second-order valence-corrected chi connectivity index (χ2v) is 6.77. The van der Waals surface area contributed by atoms with Gasteiger partial charge in [-0.05, 0) is 33.1 Å². The van der Waals surface area contributed by atoms with E-state index in [4.69, 9.17) is 0 Å². The Kier molecular flexibility index (Phi) is 4.62. The minimum atomic E-state index is 0.0986. The molecule has 1 aromatic heterocycles. The summed E-state index contributed by atoms with van der Waals surface area (Å²) < 4.78 is 2.09. The van der Waals surface area contributed by atoms with Gasteiger partial charge in [-0.2, -0.15) is 0 Å². The number of rotatable bonds is 6. The first kappa shape index (κ1) is 16.6. The predicted molar refractivity (Wildman–Crippen MR) is 98.6 cm³/mol. The van der Waals surface area contributed by atoms with Crippen LogP contribution in [-0.2, 0) is 11.8 Å². The van der Waals surface area contributed by atoms with Gasteiger partial charge in [-0.1, -0.05) is 18.2 Å². The van der Waals surface area contributed by atoms with Crippen molar-refractivity contribution in [1.29, 1.82) is 0 Å². The van der Waals surface area contributed by atoms with Crippen molar-refractivity contribution >= 4 is 22.4 Å². The van der Waals surface area contributed by atoms with Gasteiger partial charge >= 0.3 is 0 Å². The van der Waals surface area contributed by atoms with Crippen LogP contribution in [0.5, 0.6) is 0 Å². The summed E-state index contributed by atoms with van der Waals surface area (Å²) in [6.45, 7) is 2.57. The lowest BCUT2D eigenvalue weighted by Crippen LogP contribution is -2.25. The molecule has 0 radical (unpaired) electrons. The van der Waals surface area contributed by atoms with E-state index in [9.17, 15) is 4.79 Å². The molecule has 0 saturated carbocycles. The maximum atomic E-state index is 12.7. The Morgan fingerprint density at radius 1 is 1.21 bits per heavy atom. The second kappa shape index (κ2) is 6.69. The zero-order chi connectivity index (χ0) is 17.3. The number of carbonyl (C=O) groups is 1. The average Bonchev–Trinajstić information content (AvgIpc) is 3.02. The maximum absolute atomic E-state index is 12.7. The van der Waals surface area contributed by atoms with Crippen LogP contribution in [0.25, 0.3) is 16.5 Å². The minimum absolute atomic E-state index is 0.0986. The Balaban J connectivity index is 1.94. The number of fused-ring (bicyclic) bond motifs is 1. The van der Waals surface area contributed by atoms with Gasteiger partial charge in [0.1, 0.15) is 0 Å². The van der Waals surface area contributed by atoms with Crippen LogP contribution in [-0.4, -0.2) is 61.1 Å². The van der Waals surface area contributed by atoms with Gasteiger partial charge in [0.25, 0.3) is 5.91 Å². The van der Waals surface area contributed by atoms with Crippen LogP contribution >= 0.6 is 0 Å². The van der Waals surface area contributed by atoms with E-state index in [1.807, 2.05) is 26.2 Å². The number of benzene rings is 1. The van der Waals surface area contributed by atoms with Crippen LogP contribution in [0.2, 0.25) is 0 Å². The number of amides is 1. The van der Waals surface area contributed by atoms with Gasteiger partial charge in [0.15, 0.2) is 0 Å². The van der Waals surface area contributed by atoms with E-state index >= 15 is 0 Å². The second-order valence-electron chi connectivity index (χ2n) is 6.77. The highest BCUT2D eigenvalue weighted by Crippen LogP contribution is 2.32. The monoisotopic (exact) mass is 326 g/mol. The fraction of sp³-hybridized carbons (Fsp3) is 0.421. The van der Waals surface area contributed by atoms with Gasteiger partial charge < -0.3 is 19.7 Å². The van der Waals surface area contributed by atoms with E-state index in [1.54, 1.807) is 4.90 Å². The van der Waals surface area contributed by atoms with Crippen LogP contribution in [0.4, 0.5) is 0 Å². The molecule has 2 heterocycles. The molecular formula is C19H26N4O. The number of carbonyl (C=O) groups excluding carboxylic acids is 1. The predicted octanol–water partition coefficient (Wildman–Crippen LogP) is 1.90. The Bertz CT molecular complexity index is 788. The number of hydrogen-bond acceptors (Lipinski definition) is 3. The first-order chi connectivity index (χ1) is 11.5. The van der Waals surface area contributed by atoms with Gasteiger partial charge in [0.05, 0.1) is 12.1 Å². The van der Waals surface area contributed by atoms with Gasteiger partial charge in [-0.25, -0.2) is 0 Å². The van der Waals surface area contributed by atoms with Gasteiger partial charge in [0.2, 0.25) is 0 Å². The molecule has 0 unspecified atom stereocenters. The zero-order valence-corrected chi connectivity index (χ0v) is 15.0. The van der Waals surface area contributed by atoms with Gasteiger partial charge in [-0.3, -0.25) is 4.79 Å². The highest BCUT2D eigenvalue weighted by Gasteiger charge is 2.30. The molecule has 128 valence electrons. The lowest BCUT2D eigenvalue weighted by Gasteiger charge is -2.12. The van der Waals surface area contributed by atoms with Crippen LogP contribution in [0.1, 0.15) is 12.0 Å². The third kappa shape index (κ3) is 3.04. The molecule has 3 rings (SSSR count). The minimum Gasteiger partial charge on any atom is -0.386 e. The number of aryl methyl sites for hydroxylation is 1. The normalized spacial score (nSPS) is 15.2. The summed E-state index contributed by atoms with van der Waals surface area (Å²) in [6, 6.07) is 8.24. The summed E-state index contributed by atoms with van der Waals surface area (Å²) in [5.41, 5.74) is 4.03. The molecule has 5 heteroatoms. The molecule has 0 spiro atoms. The molecule has 1 N–H and O–H groups in total. The van der Waals surface area contributed by atoms with Crippen LogP contribution < -0.4 is 5.32 Å². The molecule has 1 aliphatic heterocycles. The number of nitrogens with zero attached hydrogens (tertiary/aromatic N) is 3. The Morgan fingerprint density at radius 3 is 2.71 bits per heavy atom. The van der Waals surface area contributed by atoms with E-state index in [0.717, 1.165) is 47.2 Å². The zero-order valence-electron chi connectivity index (χ0n) is 15.0. The summed E-state index contributed by atoms with van der Waals surface area (Å²) in [4.78, 5) is 16.7. The quantitative estimate of drug-likeness (QED) is 0.825. The third-order valence-electron chi connectivity index (χ3n) is 4.54. The molecule has 0 aliphatic carbocycles. The molecular weight excluding hydrogens is 300 g/mol. The van der Waals surface area contributed by atoms with E-state index in [1.165, 1.54) is 0 Å². The van der Waals surface area contributed by atoms with E-state index in [-0.39, 0.29) is 5.91 Å². The number of likely N-dealkylation sites (N-methyl/N-ethyl adjacent to an activating group) is 1. The molecule has 0 atom stereocenters. The van der Waals surface area contributed by atoms with Crippen molar-refractivity contribution in [3.05, 3.63) is 41.7 Å². The number of para-hydroxylation sites is 1. The highest BCUT2D eigenvalue weighted by molar-refractivity contribution is 6.25. The van der Waals surface area contributed by atoms with Crippen molar-refractivity contribution in [3.63, 3.8) is 0 Å². The maximum Gasteiger partial charge on any atom is 0.256 e. The fourth-order valence-corrected chi connectivity index (χ4v) is 3.31. The van der Waals surface area contributed by atoms with Crippen molar-refractivity contribution in [2.75, 3.05) is 40.8 Å². The van der Waals surface area contributed by atoms with Crippen LogP contribution in [0.15, 0.2) is 36.2 Å². The Hall–Kier alpha value is -2.27. The van der Waals surface area contributed by atoms with Gasteiger partial charge in [0, 0.05) is 49.0 Å². The first-order valence-electron chi connectivity index (χ1n) is 8.40. The molecule has 0 fully saturated rings. The molecule has 5 nitrogen and oxygen atoms in total. The van der Waals surface area contributed by atoms with Crippen molar-refractivity contribution in [1.82, 2.24) is 19.7 Å². The standard InChI is InChI=1S/C19H26N4O/c1-21(2)11-7-10-20-16-13-23(4)19(24)18(16)15-12-22(3)17-9-6-5-8-14(15)17/h5-6,8-9,12,20H,7,10-11,13H2,1-4H3. The fourth-order valence-electron chi connectivity index (χ4n) is 3.31. The average molecular weight is 326 g/mol. The van der Waals surface area contributed by atoms with Crippen molar-refractivity contribution in [3.8, 4) is 0 Å². The summed E-state index contributed by atoms with van der Waals surface area (Å²) in [5, 5.41) is 4.63. The smallest absolute Gasteiger partial charge is 0.256 e. The van der Waals surface area contributed by atoms with Crippen molar-refractivity contribution < 1.29 is 4.79 Å². The Morgan fingerprint density at radius 2 is 1.96 bits per heavy atom. The third-order valence-corrected chi connectivity index (χ3v) is 4.54.